The molecule has 1 aromatic heterocycles. The topological polar surface area (TPSA) is 50.9 Å². The minimum absolute atomic E-state index is 0.286. The van der Waals surface area contributed by atoms with Gasteiger partial charge in [0.05, 0.1) is 11.2 Å². The third-order valence-electron chi connectivity index (χ3n) is 2.57. The zero-order valence-electron chi connectivity index (χ0n) is 8.97. The van der Waals surface area contributed by atoms with Crippen molar-refractivity contribution < 1.29 is 8.78 Å². The molecular formula is C11H10BrF2N3. The van der Waals surface area contributed by atoms with Crippen LogP contribution in [0.15, 0.2) is 22.7 Å². The van der Waals surface area contributed by atoms with Crippen molar-refractivity contribution >= 4 is 32.5 Å². The second kappa shape index (κ2) is 4.54. The molecule has 90 valence electrons. The monoisotopic (exact) mass is 301 g/mol. The van der Waals surface area contributed by atoms with E-state index in [4.69, 9.17) is 5.84 Å². The summed E-state index contributed by atoms with van der Waals surface area (Å²) in [6.45, 7) is 1.81. The van der Waals surface area contributed by atoms with Gasteiger partial charge < -0.3 is 5.43 Å². The Balaban J connectivity index is 2.83. The number of nitrogen functional groups attached to an aromatic ring is 1. The quantitative estimate of drug-likeness (QED) is 0.659. The number of alkyl halides is 2. The van der Waals surface area contributed by atoms with E-state index in [2.05, 4.69) is 26.3 Å². The van der Waals surface area contributed by atoms with Crippen molar-refractivity contribution in [1.82, 2.24) is 4.98 Å². The number of hydrazine groups is 1. The van der Waals surface area contributed by atoms with Crippen LogP contribution >= 0.6 is 15.9 Å². The Morgan fingerprint density at radius 3 is 2.71 bits per heavy atom. The van der Waals surface area contributed by atoms with Gasteiger partial charge in [-0.15, -0.1) is 0 Å². The molecule has 6 heteroatoms. The van der Waals surface area contributed by atoms with Crippen molar-refractivity contribution in [3.8, 4) is 0 Å². The standard InChI is InChI=1S/C11H10BrF2N3/c1-5-7(12)3-2-6-8(17-15)4-9(11(13)14)16-10(5)6/h2-4,11H,15H2,1H3,(H,16,17). The number of pyridine rings is 1. The van der Waals surface area contributed by atoms with Crippen molar-refractivity contribution in [2.45, 2.75) is 13.3 Å². The fraction of sp³-hybridized carbons (Fsp3) is 0.182. The summed E-state index contributed by atoms with van der Waals surface area (Å²) in [5.74, 6) is 5.34. The molecule has 1 heterocycles. The molecule has 0 unspecified atom stereocenters. The van der Waals surface area contributed by atoms with Gasteiger partial charge in [0.1, 0.15) is 5.69 Å². The predicted molar refractivity (Wildman–Crippen MR) is 66.9 cm³/mol. The van der Waals surface area contributed by atoms with Gasteiger partial charge in [0.25, 0.3) is 6.43 Å². The third-order valence-corrected chi connectivity index (χ3v) is 3.43. The molecule has 0 aliphatic rings. The van der Waals surface area contributed by atoms with E-state index in [1.54, 1.807) is 6.07 Å². The highest BCUT2D eigenvalue weighted by atomic mass is 79.9. The average molecular weight is 302 g/mol. The van der Waals surface area contributed by atoms with Gasteiger partial charge in [-0.2, -0.15) is 0 Å². The molecule has 0 aliphatic carbocycles. The number of nitrogens with zero attached hydrogens (tertiary/aromatic N) is 1. The second-order valence-electron chi connectivity index (χ2n) is 3.61. The first-order chi connectivity index (χ1) is 8.04. The third kappa shape index (κ3) is 2.10. The number of hydrogen-bond acceptors (Lipinski definition) is 3. The van der Waals surface area contributed by atoms with Gasteiger partial charge in [0.2, 0.25) is 0 Å². The number of fused-ring (bicyclic) bond motifs is 1. The fourth-order valence-electron chi connectivity index (χ4n) is 1.66. The lowest BCUT2D eigenvalue weighted by Gasteiger charge is -2.11. The van der Waals surface area contributed by atoms with Gasteiger partial charge in [-0.3, -0.25) is 5.84 Å². The van der Waals surface area contributed by atoms with Crippen molar-refractivity contribution in [1.29, 1.82) is 0 Å². The van der Waals surface area contributed by atoms with Crippen LogP contribution in [-0.2, 0) is 0 Å². The number of rotatable bonds is 2. The number of nitrogens with two attached hydrogens (primary N) is 1. The Labute approximate surface area is 105 Å². The molecule has 2 rings (SSSR count). The molecule has 3 nitrogen and oxygen atoms in total. The lowest BCUT2D eigenvalue weighted by molar-refractivity contribution is 0.146. The Bertz CT molecular complexity index is 572. The highest BCUT2D eigenvalue weighted by Crippen LogP contribution is 2.31. The van der Waals surface area contributed by atoms with Crippen LogP contribution in [-0.4, -0.2) is 4.98 Å². The summed E-state index contributed by atoms with van der Waals surface area (Å²) in [6, 6.07) is 4.88. The summed E-state index contributed by atoms with van der Waals surface area (Å²) in [4.78, 5) is 3.97. The Morgan fingerprint density at radius 2 is 2.12 bits per heavy atom. The van der Waals surface area contributed by atoms with Crippen LogP contribution in [0, 0.1) is 6.92 Å². The zero-order chi connectivity index (χ0) is 12.6. The van der Waals surface area contributed by atoms with Crippen molar-refractivity contribution in [2.24, 2.45) is 5.84 Å². The highest BCUT2D eigenvalue weighted by molar-refractivity contribution is 9.10. The predicted octanol–water partition coefficient (Wildman–Crippen LogP) is 3.53. The number of halogens is 3. The first-order valence-electron chi connectivity index (χ1n) is 4.89. The molecule has 17 heavy (non-hydrogen) atoms. The van der Waals surface area contributed by atoms with Gasteiger partial charge in [-0.1, -0.05) is 15.9 Å². The van der Waals surface area contributed by atoms with Crippen LogP contribution < -0.4 is 11.3 Å². The molecule has 0 aliphatic heterocycles. The summed E-state index contributed by atoms with van der Waals surface area (Å²) in [6.07, 6.45) is -2.62. The molecule has 0 amide bonds. The Hall–Kier alpha value is -1.27. The van der Waals surface area contributed by atoms with E-state index >= 15 is 0 Å². The Morgan fingerprint density at radius 1 is 1.41 bits per heavy atom. The van der Waals surface area contributed by atoms with Gasteiger partial charge in [0.15, 0.2) is 0 Å². The molecular weight excluding hydrogens is 292 g/mol. The van der Waals surface area contributed by atoms with E-state index in [0.717, 1.165) is 15.4 Å². The molecule has 1 aromatic carbocycles. The summed E-state index contributed by atoms with van der Waals surface area (Å²) in [5.41, 5.74) is 3.91. The highest BCUT2D eigenvalue weighted by Gasteiger charge is 2.14. The van der Waals surface area contributed by atoms with E-state index in [1.165, 1.54) is 6.07 Å². The summed E-state index contributed by atoms with van der Waals surface area (Å²) in [7, 11) is 0. The number of aromatic nitrogens is 1. The van der Waals surface area contributed by atoms with Crippen LogP contribution in [0.2, 0.25) is 0 Å². The van der Waals surface area contributed by atoms with Crippen molar-refractivity contribution in [3.05, 3.63) is 33.9 Å². The number of aryl methyl sites for hydroxylation is 1. The maximum atomic E-state index is 12.7. The van der Waals surface area contributed by atoms with Crippen LogP contribution in [0.25, 0.3) is 10.9 Å². The molecule has 0 fully saturated rings. The smallest absolute Gasteiger partial charge is 0.280 e. The van der Waals surface area contributed by atoms with E-state index in [0.29, 0.717) is 11.2 Å². The molecule has 0 saturated heterocycles. The molecule has 2 aromatic rings. The minimum Gasteiger partial charge on any atom is -0.323 e. The van der Waals surface area contributed by atoms with Crippen LogP contribution in [0.5, 0.6) is 0 Å². The van der Waals surface area contributed by atoms with Crippen LogP contribution in [0.3, 0.4) is 0 Å². The number of nitrogens with one attached hydrogen (secondary N) is 1. The summed E-state index contributed by atoms with van der Waals surface area (Å²) >= 11 is 3.35. The zero-order valence-corrected chi connectivity index (χ0v) is 10.6. The largest absolute Gasteiger partial charge is 0.323 e. The van der Waals surface area contributed by atoms with E-state index in [-0.39, 0.29) is 5.69 Å². The fourth-order valence-corrected chi connectivity index (χ4v) is 1.98. The summed E-state index contributed by atoms with van der Waals surface area (Å²) < 4.78 is 26.2. The number of hydrogen-bond donors (Lipinski definition) is 2. The first-order valence-corrected chi connectivity index (χ1v) is 5.68. The molecule has 0 spiro atoms. The number of benzene rings is 1. The van der Waals surface area contributed by atoms with Gasteiger partial charge >= 0.3 is 0 Å². The molecule has 0 radical (unpaired) electrons. The molecule has 0 bridgehead atoms. The lowest BCUT2D eigenvalue weighted by Crippen LogP contribution is -2.09. The second-order valence-corrected chi connectivity index (χ2v) is 4.46. The van der Waals surface area contributed by atoms with E-state index in [1.807, 2.05) is 13.0 Å². The first kappa shape index (κ1) is 12.2. The SMILES string of the molecule is Cc1c(Br)ccc2c(NN)cc(C(F)F)nc12. The number of anilines is 1. The van der Waals surface area contributed by atoms with Crippen LogP contribution in [0.1, 0.15) is 17.7 Å². The molecule has 0 atom stereocenters. The Kier molecular flexibility index (Phi) is 3.26. The lowest BCUT2D eigenvalue weighted by atomic mass is 10.1. The molecule has 3 N–H and O–H groups in total. The minimum atomic E-state index is -2.62. The maximum Gasteiger partial charge on any atom is 0.280 e. The van der Waals surface area contributed by atoms with Crippen molar-refractivity contribution in [3.63, 3.8) is 0 Å². The van der Waals surface area contributed by atoms with Gasteiger partial charge in [0, 0.05) is 9.86 Å². The van der Waals surface area contributed by atoms with Crippen molar-refractivity contribution in [2.75, 3.05) is 5.43 Å². The van der Waals surface area contributed by atoms with Gasteiger partial charge in [-0.05, 0) is 30.7 Å². The average Bonchev–Trinajstić information content (AvgIpc) is 2.32. The van der Waals surface area contributed by atoms with E-state index < -0.39 is 6.43 Å². The summed E-state index contributed by atoms with van der Waals surface area (Å²) in [5, 5.41) is 0.720. The van der Waals surface area contributed by atoms with E-state index in [9.17, 15) is 8.78 Å². The normalized spacial score (nSPS) is 11.2. The molecule has 0 saturated carbocycles. The van der Waals surface area contributed by atoms with Gasteiger partial charge in [-0.25, -0.2) is 13.8 Å². The van der Waals surface area contributed by atoms with Crippen LogP contribution in [0.4, 0.5) is 14.5 Å². The maximum absolute atomic E-state index is 12.7.